The van der Waals surface area contributed by atoms with Crippen molar-refractivity contribution in [1.29, 1.82) is 0 Å². The molecule has 2 aliphatic heterocycles. The van der Waals surface area contributed by atoms with E-state index in [9.17, 15) is 30.6 Å². The van der Waals surface area contributed by atoms with E-state index in [1.165, 1.54) is 21.8 Å². The lowest BCUT2D eigenvalue weighted by Gasteiger charge is -2.20. The number of nitrogens with zero attached hydrogens (tertiary/aromatic N) is 8. The van der Waals surface area contributed by atoms with Crippen LogP contribution >= 0.6 is 0 Å². The monoisotopic (exact) mass is 604 g/mol. The SMILES string of the molecule is Nc1ncnc2c1nc(NCCCNc1nc3c(N)ncnc3n1[C@H]1O[C@@H](CO)[C@@H](O)[C@H]1O)n2[C@@H]1O[C@@H](CO)[C@@H](O)[C@@H]1O. The Hall–Kier alpha value is -4.02. The minimum Gasteiger partial charge on any atom is -0.394 e. The molecular weight excluding hydrogens is 572 g/mol. The lowest BCUT2D eigenvalue weighted by molar-refractivity contribution is -0.0501. The van der Waals surface area contributed by atoms with Gasteiger partial charge in [-0.3, -0.25) is 9.13 Å². The molecule has 20 heteroatoms. The highest BCUT2D eigenvalue weighted by Gasteiger charge is 2.46. The molecule has 6 rings (SSSR count). The van der Waals surface area contributed by atoms with E-state index < -0.39 is 62.3 Å². The van der Waals surface area contributed by atoms with Gasteiger partial charge in [0.2, 0.25) is 11.9 Å². The first-order chi connectivity index (χ1) is 20.7. The summed E-state index contributed by atoms with van der Waals surface area (Å²) in [6.45, 7) is -0.349. The highest BCUT2D eigenvalue weighted by Crippen LogP contribution is 2.36. The van der Waals surface area contributed by atoms with Crippen LogP contribution in [0.5, 0.6) is 0 Å². The third-order valence-corrected chi connectivity index (χ3v) is 7.47. The third kappa shape index (κ3) is 4.92. The van der Waals surface area contributed by atoms with Crippen molar-refractivity contribution in [3.8, 4) is 0 Å². The summed E-state index contributed by atoms with van der Waals surface area (Å²) in [5, 5.41) is 67.3. The maximum atomic E-state index is 10.6. The molecule has 232 valence electrons. The van der Waals surface area contributed by atoms with E-state index in [1.807, 2.05) is 0 Å². The van der Waals surface area contributed by atoms with Crippen LogP contribution in [0.25, 0.3) is 22.3 Å². The molecule has 43 heavy (non-hydrogen) atoms. The second-order valence-electron chi connectivity index (χ2n) is 10.1. The number of nitrogen functional groups attached to an aromatic ring is 2. The Bertz CT molecular complexity index is 1490. The Morgan fingerprint density at radius 1 is 0.674 bits per heavy atom. The third-order valence-electron chi connectivity index (χ3n) is 7.47. The van der Waals surface area contributed by atoms with Crippen LogP contribution in [0.4, 0.5) is 23.5 Å². The number of fused-ring (bicyclic) bond motifs is 2. The Morgan fingerprint density at radius 3 is 1.47 bits per heavy atom. The topological polar surface area (TPSA) is 303 Å². The first kappa shape index (κ1) is 29.1. The number of nitrogens with one attached hydrogen (secondary N) is 2. The van der Waals surface area contributed by atoms with Gasteiger partial charge in [0.1, 0.15) is 49.3 Å². The number of hydrogen-bond donors (Lipinski definition) is 10. The second kappa shape index (κ2) is 11.6. The van der Waals surface area contributed by atoms with E-state index >= 15 is 0 Å². The van der Waals surface area contributed by atoms with Crippen LogP contribution in [0.1, 0.15) is 18.9 Å². The molecule has 2 saturated heterocycles. The standard InChI is InChI=1S/C23H32N12O8/c24-16-10-18(30-6-28-16)34(20-14(40)12(38)8(4-36)42-20)22(32-10)26-2-1-3-27-23-33-11-17(25)29-7-31-19(11)35(23)21-15(41)13(39)9(5-37)43-21/h6-9,12-15,20-21,36-41H,1-5H2,(H,26,32)(H,27,33)(H2,24,28,30)(H2,25,29,31)/t8-,9-,12+,13+,14-,15+,20+,21-/m0/s1. The van der Waals surface area contributed by atoms with Crippen LogP contribution in [0.15, 0.2) is 12.7 Å². The molecule has 0 aliphatic carbocycles. The minimum absolute atomic E-state index is 0.103. The summed E-state index contributed by atoms with van der Waals surface area (Å²) in [5.41, 5.74) is 13.0. The van der Waals surface area contributed by atoms with Crippen LogP contribution in [0.2, 0.25) is 0 Å². The predicted molar refractivity (Wildman–Crippen MR) is 147 cm³/mol. The number of rotatable bonds is 10. The fraction of sp³-hybridized carbons (Fsp3) is 0.565. The van der Waals surface area contributed by atoms with E-state index in [0.29, 0.717) is 19.5 Å². The molecule has 0 aromatic carbocycles. The van der Waals surface area contributed by atoms with Gasteiger partial charge in [0.15, 0.2) is 46.4 Å². The molecule has 4 aromatic rings. The van der Waals surface area contributed by atoms with E-state index in [-0.39, 0.29) is 45.9 Å². The molecular formula is C23H32N12O8. The first-order valence-corrected chi connectivity index (χ1v) is 13.4. The van der Waals surface area contributed by atoms with E-state index in [1.54, 1.807) is 0 Å². The molecule has 2 aliphatic rings. The molecule has 0 spiro atoms. The Labute approximate surface area is 242 Å². The summed E-state index contributed by atoms with van der Waals surface area (Å²) in [6, 6.07) is 0. The van der Waals surface area contributed by atoms with Gasteiger partial charge in [0.05, 0.1) is 13.2 Å². The van der Waals surface area contributed by atoms with Crippen molar-refractivity contribution in [3.63, 3.8) is 0 Å². The minimum atomic E-state index is -1.38. The Balaban J connectivity index is 1.19. The van der Waals surface area contributed by atoms with Gasteiger partial charge in [-0.05, 0) is 6.42 Å². The molecule has 0 amide bonds. The van der Waals surface area contributed by atoms with Crippen molar-refractivity contribution < 1.29 is 40.1 Å². The van der Waals surface area contributed by atoms with Crippen LogP contribution in [-0.4, -0.2) is 133 Å². The lowest BCUT2D eigenvalue weighted by atomic mass is 10.1. The van der Waals surface area contributed by atoms with Crippen molar-refractivity contribution in [2.24, 2.45) is 0 Å². The summed E-state index contributed by atoms with van der Waals surface area (Å²) in [7, 11) is 0. The fourth-order valence-electron chi connectivity index (χ4n) is 5.26. The molecule has 6 heterocycles. The number of hydrogen-bond acceptors (Lipinski definition) is 18. The maximum Gasteiger partial charge on any atom is 0.207 e. The summed E-state index contributed by atoms with van der Waals surface area (Å²) in [4.78, 5) is 25.3. The highest BCUT2D eigenvalue weighted by molar-refractivity contribution is 5.84. The predicted octanol–water partition coefficient (Wildman–Crippen LogP) is -3.73. The normalized spacial score (nSPS) is 29.2. The molecule has 0 radical (unpaired) electrons. The zero-order valence-corrected chi connectivity index (χ0v) is 22.5. The smallest absolute Gasteiger partial charge is 0.207 e. The molecule has 0 bridgehead atoms. The molecule has 0 saturated carbocycles. The largest absolute Gasteiger partial charge is 0.394 e. The quantitative estimate of drug-likeness (QED) is 0.0777. The van der Waals surface area contributed by atoms with Crippen molar-refractivity contribution in [1.82, 2.24) is 39.0 Å². The Kier molecular flexibility index (Phi) is 7.83. The average molecular weight is 605 g/mol. The number of imidazole rings is 2. The molecule has 8 atom stereocenters. The fourth-order valence-corrected chi connectivity index (χ4v) is 5.26. The molecule has 12 N–H and O–H groups in total. The number of nitrogens with two attached hydrogens (primary N) is 2. The number of ether oxygens (including phenoxy) is 2. The second-order valence-corrected chi connectivity index (χ2v) is 10.1. The number of aromatic nitrogens is 8. The summed E-state index contributed by atoms with van der Waals surface area (Å²) in [5.74, 6) is 0.676. The van der Waals surface area contributed by atoms with Crippen molar-refractivity contribution in [3.05, 3.63) is 12.7 Å². The molecule has 0 unspecified atom stereocenters. The summed E-state index contributed by atoms with van der Waals surface area (Å²) < 4.78 is 14.3. The zero-order chi connectivity index (χ0) is 30.4. The molecule has 2 fully saturated rings. The first-order valence-electron chi connectivity index (χ1n) is 13.4. The summed E-state index contributed by atoms with van der Waals surface area (Å²) >= 11 is 0. The van der Waals surface area contributed by atoms with E-state index in [2.05, 4.69) is 40.5 Å². The molecule has 20 nitrogen and oxygen atoms in total. The zero-order valence-electron chi connectivity index (χ0n) is 22.5. The van der Waals surface area contributed by atoms with Crippen LogP contribution in [-0.2, 0) is 9.47 Å². The van der Waals surface area contributed by atoms with Crippen molar-refractivity contribution in [2.45, 2.75) is 55.5 Å². The van der Waals surface area contributed by atoms with Gasteiger partial charge in [-0.2, -0.15) is 0 Å². The van der Waals surface area contributed by atoms with Crippen molar-refractivity contribution in [2.75, 3.05) is 48.4 Å². The van der Waals surface area contributed by atoms with E-state index in [0.717, 1.165) is 0 Å². The number of anilines is 4. The van der Waals surface area contributed by atoms with Gasteiger partial charge in [0.25, 0.3) is 0 Å². The number of aliphatic hydroxyl groups excluding tert-OH is 6. The lowest BCUT2D eigenvalue weighted by Crippen LogP contribution is -2.33. The number of aliphatic hydroxyl groups is 6. The van der Waals surface area contributed by atoms with E-state index in [4.69, 9.17) is 20.9 Å². The molecule has 4 aromatic heterocycles. The van der Waals surface area contributed by atoms with Gasteiger partial charge >= 0.3 is 0 Å². The Morgan fingerprint density at radius 2 is 1.09 bits per heavy atom. The maximum absolute atomic E-state index is 10.6. The average Bonchev–Trinajstić information content (AvgIpc) is 3.71. The van der Waals surface area contributed by atoms with Crippen LogP contribution < -0.4 is 22.1 Å². The van der Waals surface area contributed by atoms with Gasteiger partial charge in [0, 0.05) is 13.1 Å². The van der Waals surface area contributed by atoms with Crippen molar-refractivity contribution >= 4 is 45.9 Å². The van der Waals surface area contributed by atoms with Gasteiger partial charge in [-0.25, -0.2) is 29.9 Å². The van der Waals surface area contributed by atoms with Gasteiger partial charge in [-0.15, -0.1) is 0 Å². The summed E-state index contributed by atoms with van der Waals surface area (Å²) in [6.07, 6.45) is -6.74. The van der Waals surface area contributed by atoms with Crippen LogP contribution in [0, 0.1) is 0 Å². The van der Waals surface area contributed by atoms with Crippen LogP contribution in [0.3, 0.4) is 0 Å². The van der Waals surface area contributed by atoms with Gasteiger partial charge < -0.3 is 62.2 Å². The van der Waals surface area contributed by atoms with Gasteiger partial charge in [-0.1, -0.05) is 0 Å². The highest BCUT2D eigenvalue weighted by atomic mass is 16.6.